The van der Waals surface area contributed by atoms with Gasteiger partial charge in [-0.15, -0.1) is 0 Å². The van der Waals surface area contributed by atoms with Gasteiger partial charge in [-0.05, 0) is 36.2 Å². The first-order valence-corrected chi connectivity index (χ1v) is 8.07. The number of carboxylic acids is 1. The highest BCUT2D eigenvalue weighted by Crippen LogP contribution is 2.21. The smallest absolute Gasteiger partial charge is 0.305 e. The monoisotopic (exact) mass is 379 g/mol. The maximum Gasteiger partial charge on any atom is 0.305 e. The van der Waals surface area contributed by atoms with Crippen molar-refractivity contribution in [3.63, 3.8) is 0 Å². The molecule has 1 amide bonds. The van der Waals surface area contributed by atoms with Crippen LogP contribution >= 0.6 is 15.9 Å². The quantitative estimate of drug-likeness (QED) is 0.798. The average molecular weight is 380 g/mol. The number of halogens is 1. The summed E-state index contributed by atoms with van der Waals surface area (Å²) in [5.41, 5.74) is 1.64. The van der Waals surface area contributed by atoms with Gasteiger partial charge in [-0.2, -0.15) is 0 Å². The Balaban J connectivity index is 2.20. The van der Waals surface area contributed by atoms with Crippen LogP contribution in [0.1, 0.15) is 46.8 Å². The van der Waals surface area contributed by atoms with Crippen molar-refractivity contribution in [1.29, 1.82) is 0 Å². The van der Waals surface area contributed by atoms with Gasteiger partial charge in [0.1, 0.15) is 5.76 Å². The first-order chi connectivity index (χ1) is 10.9. The van der Waals surface area contributed by atoms with Gasteiger partial charge in [0.2, 0.25) is 0 Å². The minimum absolute atomic E-state index is 0.201. The highest BCUT2D eigenvalue weighted by molar-refractivity contribution is 9.10. The minimum atomic E-state index is -0.983. The predicted molar refractivity (Wildman–Crippen MR) is 89.4 cm³/mol. The lowest BCUT2D eigenvalue weighted by atomic mass is 10.0. The molecule has 0 saturated heterocycles. The van der Waals surface area contributed by atoms with Crippen molar-refractivity contribution in [2.24, 2.45) is 0 Å². The van der Waals surface area contributed by atoms with Gasteiger partial charge in [0, 0.05) is 10.9 Å². The SMILES string of the molecule is CCc1oc(C(=O)NC(CC(=O)O)c2ccc(Br)cc2)cc1C. The fourth-order valence-corrected chi connectivity index (χ4v) is 2.60. The number of benzene rings is 1. The molecule has 0 aliphatic rings. The molecule has 1 unspecified atom stereocenters. The number of carboxylic acid groups (broad SMARTS) is 1. The van der Waals surface area contributed by atoms with Gasteiger partial charge in [-0.1, -0.05) is 35.0 Å². The van der Waals surface area contributed by atoms with Gasteiger partial charge < -0.3 is 14.8 Å². The van der Waals surface area contributed by atoms with Crippen LogP contribution in [-0.2, 0) is 11.2 Å². The Bertz CT molecular complexity index is 706. The zero-order valence-corrected chi connectivity index (χ0v) is 14.5. The van der Waals surface area contributed by atoms with Crippen LogP contribution in [0.2, 0.25) is 0 Å². The lowest BCUT2D eigenvalue weighted by molar-refractivity contribution is -0.137. The van der Waals surface area contributed by atoms with E-state index in [1.165, 1.54) is 0 Å². The number of carbonyl (C=O) groups excluding carboxylic acids is 1. The molecule has 23 heavy (non-hydrogen) atoms. The normalized spacial score (nSPS) is 12.0. The number of furan rings is 1. The summed E-state index contributed by atoms with van der Waals surface area (Å²) in [6, 6.07) is 8.23. The molecule has 5 nitrogen and oxygen atoms in total. The van der Waals surface area contributed by atoms with E-state index in [-0.39, 0.29) is 12.2 Å². The molecule has 0 radical (unpaired) electrons. The van der Waals surface area contributed by atoms with Crippen LogP contribution < -0.4 is 5.32 Å². The van der Waals surface area contributed by atoms with Crippen molar-refractivity contribution in [3.05, 3.63) is 57.5 Å². The standard InChI is InChI=1S/C17H18BrNO4/c1-3-14-10(2)8-15(23-14)17(22)19-13(9-16(20)21)11-4-6-12(18)7-5-11/h4-8,13H,3,9H2,1-2H3,(H,19,22)(H,20,21). The maximum atomic E-state index is 12.4. The fraction of sp³-hybridized carbons (Fsp3) is 0.294. The number of amides is 1. The molecular weight excluding hydrogens is 362 g/mol. The highest BCUT2D eigenvalue weighted by atomic mass is 79.9. The molecule has 0 bridgehead atoms. The molecule has 0 fully saturated rings. The molecular formula is C17H18BrNO4. The topological polar surface area (TPSA) is 79.5 Å². The van der Waals surface area contributed by atoms with E-state index in [0.29, 0.717) is 6.42 Å². The van der Waals surface area contributed by atoms with Gasteiger partial charge in [-0.3, -0.25) is 9.59 Å². The van der Waals surface area contributed by atoms with Gasteiger partial charge in [-0.25, -0.2) is 0 Å². The third-order valence-corrected chi connectivity index (χ3v) is 4.05. The number of aliphatic carboxylic acids is 1. The summed E-state index contributed by atoms with van der Waals surface area (Å²) in [6.45, 7) is 3.82. The van der Waals surface area contributed by atoms with Crippen LogP contribution in [0.5, 0.6) is 0 Å². The van der Waals surface area contributed by atoms with Crippen LogP contribution in [0.25, 0.3) is 0 Å². The maximum absolute atomic E-state index is 12.4. The Morgan fingerprint density at radius 1 is 1.30 bits per heavy atom. The van der Waals surface area contributed by atoms with E-state index in [1.54, 1.807) is 18.2 Å². The van der Waals surface area contributed by atoms with Crippen LogP contribution in [0.4, 0.5) is 0 Å². The number of nitrogens with one attached hydrogen (secondary N) is 1. The van der Waals surface area contributed by atoms with Gasteiger partial charge in [0.15, 0.2) is 5.76 Å². The minimum Gasteiger partial charge on any atom is -0.481 e. The molecule has 1 atom stereocenters. The number of hydrogen-bond donors (Lipinski definition) is 2. The summed E-state index contributed by atoms with van der Waals surface area (Å²) in [6.07, 6.45) is 0.498. The largest absolute Gasteiger partial charge is 0.481 e. The number of carbonyl (C=O) groups is 2. The van der Waals surface area contributed by atoms with E-state index in [0.717, 1.165) is 21.4 Å². The summed E-state index contributed by atoms with van der Waals surface area (Å²) in [7, 11) is 0. The molecule has 122 valence electrons. The van der Waals surface area contributed by atoms with Crippen molar-refractivity contribution in [3.8, 4) is 0 Å². The van der Waals surface area contributed by atoms with Crippen molar-refractivity contribution in [1.82, 2.24) is 5.32 Å². The molecule has 2 N–H and O–H groups in total. The second-order valence-electron chi connectivity index (χ2n) is 5.25. The van der Waals surface area contributed by atoms with Crippen molar-refractivity contribution < 1.29 is 19.1 Å². The Hall–Kier alpha value is -2.08. The van der Waals surface area contributed by atoms with Crippen molar-refractivity contribution >= 4 is 27.8 Å². The molecule has 0 saturated carbocycles. The van der Waals surface area contributed by atoms with E-state index in [2.05, 4.69) is 21.2 Å². The van der Waals surface area contributed by atoms with Crippen LogP contribution in [0.15, 0.2) is 39.2 Å². The van der Waals surface area contributed by atoms with Crippen molar-refractivity contribution in [2.45, 2.75) is 32.7 Å². The second-order valence-corrected chi connectivity index (χ2v) is 6.16. The Labute approximate surface area is 142 Å². The Morgan fingerprint density at radius 2 is 1.96 bits per heavy atom. The molecule has 1 aromatic carbocycles. The summed E-state index contributed by atoms with van der Waals surface area (Å²) >= 11 is 3.33. The van der Waals surface area contributed by atoms with E-state index < -0.39 is 17.9 Å². The summed E-state index contributed by atoms with van der Waals surface area (Å²) < 4.78 is 6.40. The molecule has 0 spiro atoms. The Kier molecular flexibility index (Phi) is 5.60. The summed E-state index contributed by atoms with van der Waals surface area (Å²) in [5.74, 6) is -0.439. The van der Waals surface area contributed by atoms with Crippen molar-refractivity contribution in [2.75, 3.05) is 0 Å². The van der Waals surface area contributed by atoms with Gasteiger partial charge in [0.05, 0.1) is 12.5 Å². The van der Waals surface area contributed by atoms with Gasteiger partial charge >= 0.3 is 5.97 Å². The second kappa shape index (κ2) is 7.46. The fourth-order valence-electron chi connectivity index (χ4n) is 2.33. The van der Waals surface area contributed by atoms with E-state index in [1.807, 2.05) is 26.0 Å². The number of aryl methyl sites for hydroxylation is 2. The summed E-state index contributed by atoms with van der Waals surface area (Å²) in [5, 5.41) is 11.8. The zero-order valence-electron chi connectivity index (χ0n) is 12.9. The zero-order chi connectivity index (χ0) is 17.0. The number of hydrogen-bond acceptors (Lipinski definition) is 3. The lowest BCUT2D eigenvalue weighted by Gasteiger charge is -2.16. The number of rotatable bonds is 6. The first-order valence-electron chi connectivity index (χ1n) is 7.28. The molecule has 1 heterocycles. The predicted octanol–water partition coefficient (Wildman–Crippen LogP) is 3.86. The van der Waals surface area contributed by atoms with E-state index in [4.69, 9.17) is 9.52 Å². The van der Waals surface area contributed by atoms with E-state index >= 15 is 0 Å². The molecule has 6 heteroatoms. The molecule has 2 rings (SSSR count). The lowest BCUT2D eigenvalue weighted by Crippen LogP contribution is -2.30. The Morgan fingerprint density at radius 3 is 2.48 bits per heavy atom. The average Bonchev–Trinajstić information content (AvgIpc) is 2.88. The first kappa shape index (κ1) is 17.3. The third kappa shape index (κ3) is 4.45. The van der Waals surface area contributed by atoms with Crippen LogP contribution in [0.3, 0.4) is 0 Å². The molecule has 0 aliphatic heterocycles. The van der Waals surface area contributed by atoms with Crippen LogP contribution in [0, 0.1) is 6.92 Å². The third-order valence-electron chi connectivity index (χ3n) is 3.52. The molecule has 1 aromatic heterocycles. The van der Waals surface area contributed by atoms with Crippen LogP contribution in [-0.4, -0.2) is 17.0 Å². The van der Waals surface area contributed by atoms with E-state index in [9.17, 15) is 9.59 Å². The molecule has 2 aromatic rings. The molecule has 0 aliphatic carbocycles. The summed E-state index contributed by atoms with van der Waals surface area (Å²) in [4.78, 5) is 23.4. The highest BCUT2D eigenvalue weighted by Gasteiger charge is 2.21. The van der Waals surface area contributed by atoms with Gasteiger partial charge in [0.25, 0.3) is 5.91 Å².